The van der Waals surface area contributed by atoms with Crippen molar-refractivity contribution in [3.63, 3.8) is 0 Å². The van der Waals surface area contributed by atoms with Crippen LogP contribution in [0.3, 0.4) is 0 Å². The highest BCUT2D eigenvalue weighted by molar-refractivity contribution is 5.69. The standard InChI is InChI=1S/C23H46O4.2C20H40O2/c1-2-3-4-5-6-7-8-9-10-11-12-13-14-15-16-17-18-19-23(26)27-21-22(25)20-24;2*1-2-3-4-5-6-7-8-9-10-11-12-13-14-15-16-17-18-19-20(21)22/h22,24-25H,2-21H2,1H3;2*2-19H2,1H3,(H,21,22)/p-2. The van der Waals surface area contributed by atoms with Crippen molar-refractivity contribution < 1.29 is 39.5 Å². The summed E-state index contributed by atoms with van der Waals surface area (Å²) in [7, 11) is 0. The second-order valence-corrected chi connectivity index (χ2v) is 21.5. The smallest absolute Gasteiger partial charge is 0.305 e. The van der Waals surface area contributed by atoms with Gasteiger partial charge < -0.3 is 34.8 Å². The maximum atomic E-state index is 11.4. The molecule has 0 spiro atoms. The monoisotopic (exact) mass is 1010 g/mol. The van der Waals surface area contributed by atoms with Crippen molar-refractivity contribution in [1.29, 1.82) is 0 Å². The van der Waals surface area contributed by atoms with Crippen LogP contribution >= 0.6 is 0 Å². The first-order chi connectivity index (χ1) is 34.7. The fourth-order valence-corrected chi connectivity index (χ4v) is 9.30. The number of hydrogen-bond donors (Lipinski definition) is 2. The van der Waals surface area contributed by atoms with Gasteiger partial charge in [0.25, 0.3) is 0 Å². The number of carbonyl (C=O) groups is 3. The molecule has 0 aliphatic rings. The quantitative estimate of drug-likeness (QED) is 0.0452. The van der Waals surface area contributed by atoms with Gasteiger partial charge in [0.2, 0.25) is 0 Å². The number of aliphatic hydroxyl groups is 2. The number of aliphatic carboxylic acids is 2. The first kappa shape index (κ1) is 73.6. The van der Waals surface area contributed by atoms with Gasteiger partial charge in [0.1, 0.15) is 12.7 Å². The maximum Gasteiger partial charge on any atom is 0.305 e. The van der Waals surface area contributed by atoms with E-state index in [1.54, 1.807) is 0 Å². The first-order valence-electron chi connectivity index (χ1n) is 31.6. The summed E-state index contributed by atoms with van der Waals surface area (Å²) < 4.78 is 4.87. The Labute approximate surface area is 442 Å². The van der Waals surface area contributed by atoms with Crippen LogP contribution in [0.1, 0.15) is 367 Å². The van der Waals surface area contributed by atoms with Gasteiger partial charge in [-0.05, 0) is 32.1 Å². The average Bonchev–Trinajstić information content (AvgIpc) is 3.36. The molecule has 0 saturated carbocycles. The number of ether oxygens (including phenoxy) is 1. The minimum Gasteiger partial charge on any atom is -0.550 e. The van der Waals surface area contributed by atoms with Crippen molar-refractivity contribution >= 4 is 17.9 Å². The van der Waals surface area contributed by atoms with E-state index in [1.807, 2.05) is 0 Å². The molecule has 8 heteroatoms. The molecule has 2 N–H and O–H groups in total. The van der Waals surface area contributed by atoms with Gasteiger partial charge in [0, 0.05) is 18.4 Å². The molecule has 0 aromatic heterocycles. The van der Waals surface area contributed by atoms with Crippen LogP contribution in [0.4, 0.5) is 0 Å². The van der Waals surface area contributed by atoms with E-state index in [9.17, 15) is 24.6 Å². The SMILES string of the molecule is CCCCCCCCCCCCCCCCCCCC(=O)OCC(O)CO.CCCCCCCCCCCCCCCCCCCC(=O)[O-].CCCCCCCCCCCCCCCCCCCC(=O)[O-]. The molecule has 1 unspecified atom stereocenters. The van der Waals surface area contributed by atoms with E-state index >= 15 is 0 Å². The molecule has 0 aliphatic carbocycles. The summed E-state index contributed by atoms with van der Waals surface area (Å²) in [5.41, 5.74) is 0. The lowest BCUT2D eigenvalue weighted by Crippen LogP contribution is -2.21. The van der Waals surface area contributed by atoms with Crippen molar-refractivity contribution in [2.45, 2.75) is 374 Å². The molecule has 0 aliphatic heterocycles. The van der Waals surface area contributed by atoms with E-state index in [4.69, 9.17) is 14.9 Å². The fourth-order valence-electron chi connectivity index (χ4n) is 9.30. The number of esters is 1. The largest absolute Gasteiger partial charge is 0.550 e. The van der Waals surface area contributed by atoms with E-state index in [0.717, 1.165) is 38.5 Å². The van der Waals surface area contributed by atoms with E-state index in [2.05, 4.69) is 20.8 Å². The molecular weight excluding hydrogens is 885 g/mol. The molecule has 1 atom stereocenters. The van der Waals surface area contributed by atoms with E-state index in [0.29, 0.717) is 6.42 Å². The predicted octanol–water partition coefficient (Wildman–Crippen LogP) is 17.5. The Morgan fingerprint density at radius 2 is 0.479 bits per heavy atom. The summed E-state index contributed by atoms with van der Waals surface area (Å²) in [6, 6.07) is 0. The van der Waals surface area contributed by atoms with Crippen LogP contribution in [-0.4, -0.2) is 47.4 Å². The summed E-state index contributed by atoms with van der Waals surface area (Å²) >= 11 is 0. The highest BCUT2D eigenvalue weighted by Crippen LogP contribution is 2.18. The van der Waals surface area contributed by atoms with Crippen LogP contribution in [0, 0.1) is 0 Å². The molecule has 0 fully saturated rings. The number of unbranched alkanes of at least 4 members (excludes halogenated alkanes) is 48. The Balaban J connectivity index is -0.000000985. The van der Waals surface area contributed by atoms with Gasteiger partial charge in [-0.25, -0.2) is 0 Å². The third-order valence-corrected chi connectivity index (χ3v) is 14.1. The zero-order chi connectivity index (χ0) is 52.6. The van der Waals surface area contributed by atoms with Gasteiger partial charge in [-0.1, -0.05) is 329 Å². The summed E-state index contributed by atoms with van der Waals surface area (Å²) in [5.74, 6) is -2.08. The first-order valence-corrected chi connectivity index (χ1v) is 31.6. The number of aliphatic hydroxyl groups excluding tert-OH is 2. The normalized spacial score (nSPS) is 11.5. The van der Waals surface area contributed by atoms with E-state index in [-0.39, 0.29) is 32.0 Å². The third-order valence-electron chi connectivity index (χ3n) is 14.1. The molecule has 0 rings (SSSR count). The molecule has 0 bridgehead atoms. The van der Waals surface area contributed by atoms with Crippen molar-refractivity contribution in [2.24, 2.45) is 0 Å². The average molecular weight is 1010 g/mol. The topological polar surface area (TPSA) is 147 Å². The van der Waals surface area contributed by atoms with E-state index < -0.39 is 18.0 Å². The molecule has 0 heterocycles. The molecule has 0 aromatic rings. The van der Waals surface area contributed by atoms with Gasteiger partial charge in [-0.2, -0.15) is 0 Å². The summed E-state index contributed by atoms with van der Waals surface area (Å²) in [4.78, 5) is 31.9. The summed E-state index contributed by atoms with van der Waals surface area (Å²) in [5, 5.41) is 38.2. The molecule has 0 aromatic carbocycles. The van der Waals surface area contributed by atoms with Crippen LogP contribution in [0.25, 0.3) is 0 Å². The Hall–Kier alpha value is -1.67. The molecule has 426 valence electrons. The van der Waals surface area contributed by atoms with Gasteiger partial charge in [-0.3, -0.25) is 4.79 Å². The number of carboxylic acid groups (broad SMARTS) is 2. The summed E-state index contributed by atoms with van der Waals surface area (Å²) in [6.45, 7) is 6.35. The van der Waals surface area contributed by atoms with Crippen LogP contribution in [-0.2, 0) is 19.1 Å². The second kappa shape index (κ2) is 68.3. The zero-order valence-electron chi connectivity index (χ0n) is 48.0. The molecule has 0 amide bonds. The predicted molar refractivity (Wildman–Crippen MR) is 300 cm³/mol. The van der Waals surface area contributed by atoms with Crippen molar-refractivity contribution in [1.82, 2.24) is 0 Å². The lowest BCUT2D eigenvalue weighted by Gasteiger charge is -2.08. The molecule has 0 radical (unpaired) electrons. The number of hydrogen-bond acceptors (Lipinski definition) is 8. The lowest BCUT2D eigenvalue weighted by atomic mass is 10.0. The van der Waals surface area contributed by atoms with Crippen molar-refractivity contribution in [3.8, 4) is 0 Å². The Morgan fingerprint density at radius 1 is 0.310 bits per heavy atom. The van der Waals surface area contributed by atoms with Crippen LogP contribution < -0.4 is 10.2 Å². The fraction of sp³-hybridized carbons (Fsp3) is 0.952. The molecule has 71 heavy (non-hydrogen) atoms. The summed E-state index contributed by atoms with van der Waals surface area (Å²) in [6.07, 6.45) is 67.5. The van der Waals surface area contributed by atoms with Crippen LogP contribution in [0.15, 0.2) is 0 Å². The second-order valence-electron chi connectivity index (χ2n) is 21.5. The van der Waals surface area contributed by atoms with E-state index in [1.165, 1.54) is 289 Å². The highest BCUT2D eigenvalue weighted by Gasteiger charge is 2.07. The van der Waals surface area contributed by atoms with Gasteiger partial charge in [0.15, 0.2) is 0 Å². The minimum atomic E-state index is -0.954. The zero-order valence-corrected chi connectivity index (χ0v) is 48.0. The van der Waals surface area contributed by atoms with Gasteiger partial charge >= 0.3 is 5.97 Å². The minimum absolute atomic E-state index is 0.103. The number of rotatable bonds is 57. The van der Waals surface area contributed by atoms with Crippen LogP contribution in [0.5, 0.6) is 0 Å². The Kier molecular flexibility index (Phi) is 70.8. The van der Waals surface area contributed by atoms with Gasteiger partial charge in [-0.15, -0.1) is 0 Å². The highest BCUT2D eigenvalue weighted by atomic mass is 16.5. The van der Waals surface area contributed by atoms with Crippen molar-refractivity contribution in [2.75, 3.05) is 13.2 Å². The van der Waals surface area contributed by atoms with Crippen LogP contribution in [0.2, 0.25) is 0 Å². The third kappa shape index (κ3) is 77.4. The molecular formula is C63H124O8-2. The molecule has 8 nitrogen and oxygen atoms in total. The van der Waals surface area contributed by atoms with Gasteiger partial charge in [0.05, 0.1) is 6.61 Å². The Bertz CT molecular complexity index is 957. The molecule has 0 saturated heterocycles. The van der Waals surface area contributed by atoms with Crippen molar-refractivity contribution in [3.05, 3.63) is 0 Å². The number of carbonyl (C=O) groups excluding carboxylic acids is 3. The lowest BCUT2D eigenvalue weighted by molar-refractivity contribution is -0.307. The Morgan fingerprint density at radius 3 is 0.648 bits per heavy atom. The maximum absolute atomic E-state index is 11.4. The number of carboxylic acids is 2.